The van der Waals surface area contributed by atoms with Crippen molar-refractivity contribution in [2.75, 3.05) is 19.7 Å². The SMILES string of the molecule is O=C(CN1CCO[C@@H]2CCCC[C@H]21)N[C@@H]1CCCc2ccccc21. The first-order valence-electron chi connectivity index (χ1n) is 9.54. The molecule has 1 aliphatic heterocycles. The van der Waals surface area contributed by atoms with Crippen molar-refractivity contribution in [1.29, 1.82) is 0 Å². The van der Waals surface area contributed by atoms with Gasteiger partial charge in [0.15, 0.2) is 0 Å². The van der Waals surface area contributed by atoms with E-state index in [4.69, 9.17) is 4.74 Å². The van der Waals surface area contributed by atoms with E-state index in [-0.39, 0.29) is 11.9 Å². The molecule has 0 spiro atoms. The third-order valence-corrected chi connectivity index (χ3v) is 5.90. The van der Waals surface area contributed by atoms with Gasteiger partial charge in [-0.1, -0.05) is 37.1 Å². The number of carbonyl (C=O) groups is 1. The number of fused-ring (bicyclic) bond motifs is 2. The number of hydrogen-bond donors (Lipinski definition) is 1. The zero-order chi connectivity index (χ0) is 16.4. The molecule has 1 saturated carbocycles. The van der Waals surface area contributed by atoms with E-state index in [0.29, 0.717) is 18.7 Å². The number of ether oxygens (including phenoxy) is 1. The summed E-state index contributed by atoms with van der Waals surface area (Å²) in [5.74, 6) is 0.169. The van der Waals surface area contributed by atoms with Gasteiger partial charge in [-0.2, -0.15) is 0 Å². The Balaban J connectivity index is 1.38. The molecule has 4 rings (SSSR count). The van der Waals surface area contributed by atoms with Gasteiger partial charge in [-0.25, -0.2) is 0 Å². The van der Waals surface area contributed by atoms with E-state index in [9.17, 15) is 4.79 Å². The number of carbonyl (C=O) groups excluding carboxylic acids is 1. The average molecular weight is 328 g/mol. The number of nitrogens with zero attached hydrogens (tertiary/aromatic N) is 1. The Bertz CT molecular complexity index is 587. The van der Waals surface area contributed by atoms with E-state index >= 15 is 0 Å². The van der Waals surface area contributed by atoms with Gasteiger partial charge in [0.05, 0.1) is 25.3 Å². The van der Waals surface area contributed by atoms with Crippen molar-refractivity contribution in [1.82, 2.24) is 10.2 Å². The fraction of sp³-hybridized carbons (Fsp3) is 0.650. The van der Waals surface area contributed by atoms with Crippen molar-refractivity contribution in [2.24, 2.45) is 0 Å². The van der Waals surface area contributed by atoms with E-state index < -0.39 is 0 Å². The zero-order valence-corrected chi connectivity index (χ0v) is 14.4. The molecule has 0 radical (unpaired) electrons. The molecule has 130 valence electrons. The fourth-order valence-electron chi connectivity index (χ4n) is 4.70. The molecule has 1 aromatic rings. The first kappa shape index (κ1) is 16.1. The number of benzene rings is 1. The number of aryl methyl sites for hydroxylation is 1. The number of hydrogen-bond acceptors (Lipinski definition) is 3. The lowest BCUT2D eigenvalue weighted by molar-refractivity contribution is -0.130. The topological polar surface area (TPSA) is 41.6 Å². The fourth-order valence-corrected chi connectivity index (χ4v) is 4.70. The summed E-state index contributed by atoms with van der Waals surface area (Å²) in [5.41, 5.74) is 2.71. The normalized spacial score (nSPS) is 30.2. The van der Waals surface area contributed by atoms with Crippen LogP contribution >= 0.6 is 0 Å². The standard InChI is InChI=1S/C20H28N2O2/c23-20(14-22-12-13-24-19-11-4-3-10-18(19)22)21-17-9-5-7-15-6-1-2-8-16(15)17/h1-2,6,8,17-19H,3-5,7,9-14H2,(H,21,23)/t17-,18-,19-/m1/s1. The second-order valence-electron chi connectivity index (χ2n) is 7.44. The van der Waals surface area contributed by atoms with Gasteiger partial charge in [-0.05, 0) is 43.2 Å². The summed E-state index contributed by atoms with van der Waals surface area (Å²) in [4.78, 5) is 15.0. The third kappa shape index (κ3) is 3.35. The Morgan fingerprint density at radius 2 is 2.04 bits per heavy atom. The average Bonchev–Trinajstić information content (AvgIpc) is 2.62. The molecule has 0 bridgehead atoms. The highest BCUT2D eigenvalue weighted by atomic mass is 16.5. The van der Waals surface area contributed by atoms with Gasteiger partial charge in [0, 0.05) is 12.6 Å². The zero-order valence-electron chi connectivity index (χ0n) is 14.4. The molecule has 24 heavy (non-hydrogen) atoms. The van der Waals surface area contributed by atoms with Crippen LogP contribution in [-0.4, -0.2) is 42.6 Å². The van der Waals surface area contributed by atoms with Gasteiger partial charge < -0.3 is 10.1 Å². The van der Waals surface area contributed by atoms with Crippen LogP contribution in [0.4, 0.5) is 0 Å². The number of amides is 1. The molecule has 4 nitrogen and oxygen atoms in total. The third-order valence-electron chi connectivity index (χ3n) is 5.90. The largest absolute Gasteiger partial charge is 0.375 e. The number of nitrogens with one attached hydrogen (secondary N) is 1. The van der Waals surface area contributed by atoms with Gasteiger partial charge in [0.1, 0.15) is 0 Å². The van der Waals surface area contributed by atoms with Crippen LogP contribution in [0.25, 0.3) is 0 Å². The summed E-state index contributed by atoms with van der Waals surface area (Å²) in [6.07, 6.45) is 8.54. The van der Waals surface area contributed by atoms with Crippen LogP contribution in [0.1, 0.15) is 55.7 Å². The van der Waals surface area contributed by atoms with Crippen molar-refractivity contribution in [2.45, 2.75) is 63.1 Å². The van der Waals surface area contributed by atoms with Crippen molar-refractivity contribution in [3.8, 4) is 0 Å². The molecular formula is C20H28N2O2. The highest BCUT2D eigenvalue weighted by molar-refractivity contribution is 5.78. The number of morpholine rings is 1. The van der Waals surface area contributed by atoms with Crippen LogP contribution in [0, 0.1) is 0 Å². The summed E-state index contributed by atoms with van der Waals surface area (Å²) in [7, 11) is 0. The van der Waals surface area contributed by atoms with Crippen LogP contribution in [0.15, 0.2) is 24.3 Å². The maximum atomic E-state index is 12.7. The molecule has 0 aromatic heterocycles. The van der Waals surface area contributed by atoms with Crippen molar-refractivity contribution in [3.05, 3.63) is 35.4 Å². The number of rotatable bonds is 3. The molecule has 1 N–H and O–H groups in total. The molecule has 3 aliphatic rings. The predicted molar refractivity (Wildman–Crippen MR) is 93.8 cm³/mol. The Labute approximate surface area is 144 Å². The first-order chi connectivity index (χ1) is 11.8. The maximum absolute atomic E-state index is 12.7. The van der Waals surface area contributed by atoms with E-state index in [1.807, 2.05) is 0 Å². The molecule has 4 heteroatoms. The van der Waals surface area contributed by atoms with E-state index in [0.717, 1.165) is 38.8 Å². The smallest absolute Gasteiger partial charge is 0.234 e. The minimum absolute atomic E-state index is 0.169. The van der Waals surface area contributed by atoms with Crippen molar-refractivity contribution < 1.29 is 9.53 Å². The maximum Gasteiger partial charge on any atom is 0.234 e. The van der Waals surface area contributed by atoms with Gasteiger partial charge in [0.25, 0.3) is 0 Å². The quantitative estimate of drug-likeness (QED) is 0.928. The summed E-state index contributed by atoms with van der Waals surface area (Å²) < 4.78 is 5.92. The van der Waals surface area contributed by atoms with Gasteiger partial charge in [-0.15, -0.1) is 0 Å². The molecule has 1 saturated heterocycles. The van der Waals surface area contributed by atoms with Gasteiger partial charge in [-0.3, -0.25) is 9.69 Å². The second kappa shape index (κ2) is 7.24. The van der Waals surface area contributed by atoms with E-state index in [1.54, 1.807) is 0 Å². The van der Waals surface area contributed by atoms with Crippen LogP contribution < -0.4 is 5.32 Å². The molecule has 1 heterocycles. The molecule has 0 unspecified atom stereocenters. The lowest BCUT2D eigenvalue weighted by Crippen LogP contribution is -2.55. The summed E-state index contributed by atoms with van der Waals surface area (Å²) in [5, 5.41) is 3.30. The summed E-state index contributed by atoms with van der Waals surface area (Å²) >= 11 is 0. The van der Waals surface area contributed by atoms with E-state index in [2.05, 4.69) is 34.5 Å². The minimum atomic E-state index is 0.169. The second-order valence-corrected chi connectivity index (χ2v) is 7.44. The highest BCUT2D eigenvalue weighted by Gasteiger charge is 2.35. The highest BCUT2D eigenvalue weighted by Crippen LogP contribution is 2.30. The molecular weight excluding hydrogens is 300 g/mol. The Hall–Kier alpha value is -1.39. The molecule has 3 atom stereocenters. The molecule has 1 aromatic carbocycles. The first-order valence-corrected chi connectivity index (χ1v) is 9.54. The van der Waals surface area contributed by atoms with Crippen molar-refractivity contribution >= 4 is 5.91 Å². The van der Waals surface area contributed by atoms with Gasteiger partial charge in [0.2, 0.25) is 5.91 Å². The molecule has 2 fully saturated rings. The molecule has 2 aliphatic carbocycles. The van der Waals surface area contributed by atoms with Crippen LogP contribution in [0.5, 0.6) is 0 Å². The van der Waals surface area contributed by atoms with Crippen molar-refractivity contribution in [3.63, 3.8) is 0 Å². The van der Waals surface area contributed by atoms with Crippen LogP contribution in [0.2, 0.25) is 0 Å². The predicted octanol–water partition coefficient (Wildman–Crippen LogP) is 2.82. The van der Waals surface area contributed by atoms with Crippen LogP contribution in [0.3, 0.4) is 0 Å². The molecule has 1 amide bonds. The summed E-state index contributed by atoms with van der Waals surface area (Å²) in [6, 6.07) is 9.17. The van der Waals surface area contributed by atoms with Gasteiger partial charge >= 0.3 is 0 Å². The van der Waals surface area contributed by atoms with Crippen LogP contribution in [-0.2, 0) is 16.0 Å². The minimum Gasteiger partial charge on any atom is -0.375 e. The monoisotopic (exact) mass is 328 g/mol. The summed E-state index contributed by atoms with van der Waals surface area (Å²) in [6.45, 7) is 2.17. The lowest BCUT2D eigenvalue weighted by Gasteiger charge is -2.43. The lowest BCUT2D eigenvalue weighted by atomic mass is 9.87. The Kier molecular flexibility index (Phi) is 4.86. The Morgan fingerprint density at radius 3 is 3.00 bits per heavy atom. The van der Waals surface area contributed by atoms with E-state index in [1.165, 1.54) is 30.4 Å². The Morgan fingerprint density at radius 1 is 1.17 bits per heavy atom.